The summed E-state index contributed by atoms with van der Waals surface area (Å²) >= 11 is 3.42. The van der Waals surface area contributed by atoms with E-state index in [4.69, 9.17) is 0 Å². The number of rotatable bonds is 5. The molecule has 0 radical (unpaired) electrons. The lowest BCUT2D eigenvalue weighted by molar-refractivity contribution is 0.102. The molecule has 0 saturated heterocycles. The fourth-order valence-electron chi connectivity index (χ4n) is 1.99. The number of aromatic nitrogens is 1. The Bertz CT molecular complexity index is 673. The minimum atomic E-state index is -0.161. The maximum atomic E-state index is 12.4. The molecule has 5 heteroatoms. The lowest BCUT2D eigenvalue weighted by atomic mass is 10.2. The molecule has 2 aromatic rings. The van der Waals surface area contributed by atoms with E-state index in [0.717, 1.165) is 27.8 Å². The van der Waals surface area contributed by atoms with Gasteiger partial charge in [-0.3, -0.25) is 9.78 Å². The number of hydrogen-bond donors (Lipinski definition) is 2. The van der Waals surface area contributed by atoms with Gasteiger partial charge in [0.05, 0.1) is 11.3 Å². The second-order valence-electron chi connectivity index (χ2n) is 5.33. The van der Waals surface area contributed by atoms with E-state index < -0.39 is 0 Å². The van der Waals surface area contributed by atoms with Crippen molar-refractivity contribution in [1.29, 1.82) is 0 Å². The van der Waals surface area contributed by atoms with Crippen LogP contribution in [-0.2, 0) is 0 Å². The highest BCUT2D eigenvalue weighted by Crippen LogP contribution is 2.21. The lowest BCUT2D eigenvalue weighted by Gasteiger charge is -2.13. The molecule has 1 unspecified atom stereocenters. The van der Waals surface area contributed by atoms with Crippen molar-refractivity contribution in [3.63, 3.8) is 0 Å². The summed E-state index contributed by atoms with van der Waals surface area (Å²) in [5.41, 5.74) is 3.20. The quantitative estimate of drug-likeness (QED) is 0.816. The number of anilines is 2. The van der Waals surface area contributed by atoms with Crippen molar-refractivity contribution in [2.24, 2.45) is 0 Å². The van der Waals surface area contributed by atoms with E-state index >= 15 is 0 Å². The van der Waals surface area contributed by atoms with Gasteiger partial charge in [-0.15, -0.1) is 0 Å². The molecule has 1 aromatic heterocycles. The molecular weight excluding hydrogens is 342 g/mol. The fraction of sp³-hybridized carbons (Fsp3) is 0.294. The predicted octanol–water partition coefficient (Wildman–Crippen LogP) is 4.62. The normalized spacial score (nSPS) is 11.8. The van der Waals surface area contributed by atoms with E-state index in [-0.39, 0.29) is 5.91 Å². The maximum Gasteiger partial charge on any atom is 0.257 e. The first-order valence-electron chi connectivity index (χ1n) is 7.28. The Morgan fingerprint density at radius 3 is 2.77 bits per heavy atom. The number of aryl methyl sites for hydroxylation is 1. The molecular formula is C17H20BrN3O. The fourth-order valence-corrected chi connectivity index (χ4v) is 2.47. The molecule has 0 aliphatic rings. The molecule has 0 spiro atoms. The summed E-state index contributed by atoms with van der Waals surface area (Å²) in [5.74, 6) is -0.161. The number of nitrogens with zero attached hydrogens (tertiary/aromatic N) is 1. The number of nitrogens with one attached hydrogen (secondary N) is 2. The molecule has 2 N–H and O–H groups in total. The molecule has 0 fully saturated rings. The summed E-state index contributed by atoms with van der Waals surface area (Å²) in [4.78, 5) is 16.5. The summed E-state index contributed by atoms with van der Waals surface area (Å²) in [5, 5.41) is 6.24. The van der Waals surface area contributed by atoms with Crippen molar-refractivity contribution in [3.05, 3.63) is 52.3 Å². The monoisotopic (exact) mass is 361 g/mol. The van der Waals surface area contributed by atoms with Crippen LogP contribution in [0.15, 0.2) is 41.1 Å². The molecule has 4 nitrogen and oxygen atoms in total. The molecule has 0 bridgehead atoms. The third-order valence-corrected chi connectivity index (χ3v) is 3.96. The number of carbonyl (C=O) groups is 1. The largest absolute Gasteiger partial charge is 0.381 e. The van der Waals surface area contributed by atoms with Crippen LogP contribution in [0.5, 0.6) is 0 Å². The van der Waals surface area contributed by atoms with Gasteiger partial charge in [0, 0.05) is 28.6 Å². The third kappa shape index (κ3) is 4.31. The van der Waals surface area contributed by atoms with Crippen LogP contribution in [0.4, 0.5) is 11.4 Å². The first kappa shape index (κ1) is 16.5. The Hall–Kier alpha value is -1.88. The highest BCUT2D eigenvalue weighted by Gasteiger charge is 2.10. The molecule has 2 rings (SSSR count). The Kier molecular flexibility index (Phi) is 5.55. The molecule has 1 amide bonds. The summed E-state index contributed by atoms with van der Waals surface area (Å²) < 4.78 is 0.990. The van der Waals surface area contributed by atoms with E-state index in [9.17, 15) is 4.79 Å². The van der Waals surface area contributed by atoms with Crippen LogP contribution in [0.3, 0.4) is 0 Å². The van der Waals surface area contributed by atoms with Crippen molar-refractivity contribution >= 4 is 33.2 Å². The van der Waals surface area contributed by atoms with Crippen LogP contribution >= 0.6 is 15.9 Å². The van der Waals surface area contributed by atoms with Crippen LogP contribution in [-0.4, -0.2) is 16.9 Å². The maximum absolute atomic E-state index is 12.4. The summed E-state index contributed by atoms with van der Waals surface area (Å²) in [6, 6.07) is 7.92. The Labute approximate surface area is 139 Å². The highest BCUT2D eigenvalue weighted by atomic mass is 79.9. The second kappa shape index (κ2) is 7.40. The van der Waals surface area contributed by atoms with Crippen molar-refractivity contribution < 1.29 is 4.79 Å². The molecule has 116 valence electrons. The number of amides is 1. The summed E-state index contributed by atoms with van der Waals surface area (Å²) in [6.45, 7) is 6.16. The first-order valence-corrected chi connectivity index (χ1v) is 8.08. The first-order chi connectivity index (χ1) is 10.5. The van der Waals surface area contributed by atoms with Gasteiger partial charge in [0.2, 0.25) is 0 Å². The van der Waals surface area contributed by atoms with Gasteiger partial charge in [0.25, 0.3) is 5.91 Å². The Morgan fingerprint density at radius 2 is 2.09 bits per heavy atom. The van der Waals surface area contributed by atoms with E-state index in [1.165, 1.54) is 0 Å². The van der Waals surface area contributed by atoms with Crippen molar-refractivity contribution in [3.8, 4) is 0 Å². The second-order valence-corrected chi connectivity index (χ2v) is 6.24. The number of pyridine rings is 1. The zero-order valence-corrected chi connectivity index (χ0v) is 14.6. The predicted molar refractivity (Wildman–Crippen MR) is 94.4 cm³/mol. The molecule has 1 heterocycles. The number of benzene rings is 1. The molecule has 0 aliphatic carbocycles. The molecule has 22 heavy (non-hydrogen) atoms. The standard InChI is InChI=1S/C17H20BrN3O/c1-4-12(3)20-15-8-13(9-19-10-15)17(22)21-16-6-5-14(18)7-11(16)2/h5-10,12,20H,4H2,1-3H3,(H,21,22). The number of carbonyl (C=O) groups excluding carboxylic acids is 1. The summed E-state index contributed by atoms with van der Waals surface area (Å²) in [7, 11) is 0. The smallest absolute Gasteiger partial charge is 0.257 e. The van der Waals surface area contributed by atoms with Crippen molar-refractivity contribution in [2.45, 2.75) is 33.2 Å². The van der Waals surface area contributed by atoms with E-state index in [0.29, 0.717) is 11.6 Å². The van der Waals surface area contributed by atoms with E-state index in [2.05, 4.69) is 45.4 Å². The number of halogens is 1. The molecule has 1 aromatic carbocycles. The van der Waals surface area contributed by atoms with Crippen LogP contribution in [0.1, 0.15) is 36.2 Å². The zero-order valence-electron chi connectivity index (χ0n) is 13.0. The summed E-state index contributed by atoms with van der Waals surface area (Å²) in [6.07, 6.45) is 4.31. The molecule has 0 aliphatic heterocycles. The van der Waals surface area contributed by atoms with Gasteiger partial charge in [0.15, 0.2) is 0 Å². The lowest BCUT2D eigenvalue weighted by Crippen LogP contribution is -2.16. The third-order valence-electron chi connectivity index (χ3n) is 3.46. The minimum absolute atomic E-state index is 0.161. The molecule has 0 saturated carbocycles. The van der Waals surface area contributed by atoms with Gasteiger partial charge in [-0.25, -0.2) is 0 Å². The Morgan fingerprint density at radius 1 is 1.32 bits per heavy atom. The van der Waals surface area contributed by atoms with Crippen LogP contribution in [0.2, 0.25) is 0 Å². The van der Waals surface area contributed by atoms with Gasteiger partial charge in [-0.1, -0.05) is 22.9 Å². The zero-order chi connectivity index (χ0) is 16.1. The topological polar surface area (TPSA) is 54.0 Å². The van der Waals surface area contributed by atoms with Crippen LogP contribution in [0.25, 0.3) is 0 Å². The Balaban J connectivity index is 2.14. The van der Waals surface area contributed by atoms with E-state index in [1.807, 2.05) is 31.2 Å². The van der Waals surface area contributed by atoms with Gasteiger partial charge in [-0.05, 0) is 50.1 Å². The van der Waals surface area contributed by atoms with Gasteiger partial charge in [0.1, 0.15) is 0 Å². The number of hydrogen-bond acceptors (Lipinski definition) is 3. The average molecular weight is 362 g/mol. The van der Waals surface area contributed by atoms with E-state index in [1.54, 1.807) is 12.4 Å². The minimum Gasteiger partial charge on any atom is -0.381 e. The van der Waals surface area contributed by atoms with Crippen LogP contribution in [0, 0.1) is 6.92 Å². The molecule has 1 atom stereocenters. The highest BCUT2D eigenvalue weighted by molar-refractivity contribution is 9.10. The average Bonchev–Trinajstić information content (AvgIpc) is 2.50. The van der Waals surface area contributed by atoms with Crippen molar-refractivity contribution in [2.75, 3.05) is 10.6 Å². The van der Waals surface area contributed by atoms with Crippen molar-refractivity contribution in [1.82, 2.24) is 4.98 Å². The van der Waals surface area contributed by atoms with Crippen LogP contribution < -0.4 is 10.6 Å². The SMILES string of the molecule is CCC(C)Nc1cncc(C(=O)Nc2ccc(Br)cc2C)c1. The van der Waals surface area contributed by atoms with Gasteiger partial charge >= 0.3 is 0 Å². The van der Waals surface area contributed by atoms with Gasteiger partial charge < -0.3 is 10.6 Å². The van der Waals surface area contributed by atoms with Gasteiger partial charge in [-0.2, -0.15) is 0 Å².